The molecule has 0 amide bonds. The first-order valence-electron chi connectivity index (χ1n) is 10.9. The van der Waals surface area contributed by atoms with E-state index in [4.69, 9.17) is 4.74 Å². The molecule has 0 heterocycles. The van der Waals surface area contributed by atoms with Crippen LogP contribution in [0.1, 0.15) is 52.5 Å². The number of hydrogen-bond acceptors (Lipinski definition) is 4. The second kappa shape index (κ2) is 19.1. The van der Waals surface area contributed by atoms with Crippen molar-refractivity contribution in [3.8, 4) is 0 Å². The lowest BCUT2D eigenvalue weighted by molar-refractivity contribution is -0.920. The zero-order valence-electron chi connectivity index (χ0n) is 21.7. The van der Waals surface area contributed by atoms with Gasteiger partial charge < -0.3 is 26.4 Å². The Morgan fingerprint density at radius 2 is 1.58 bits per heavy atom. The molecular formula is C27H44ClNO4. The molecule has 0 bridgehead atoms. The number of benzene rings is 1. The summed E-state index contributed by atoms with van der Waals surface area (Å²) in [4.78, 5) is 21.5. The summed E-state index contributed by atoms with van der Waals surface area (Å²) in [5, 5.41) is 0. The first-order chi connectivity index (χ1) is 14.8. The van der Waals surface area contributed by atoms with Crippen molar-refractivity contribution in [2.24, 2.45) is 0 Å². The largest absolute Gasteiger partial charge is 1.00 e. The Morgan fingerprint density at radius 1 is 1.03 bits per heavy atom. The van der Waals surface area contributed by atoms with Gasteiger partial charge in [0.1, 0.15) is 0 Å². The number of ether oxygens (including phenoxy) is 2. The third kappa shape index (κ3) is 18.9. The van der Waals surface area contributed by atoms with Crippen LogP contribution in [-0.4, -0.2) is 56.3 Å². The first kappa shape index (κ1) is 35.2. The van der Waals surface area contributed by atoms with E-state index in [0.717, 1.165) is 23.7 Å². The molecule has 0 saturated carbocycles. The van der Waals surface area contributed by atoms with Gasteiger partial charge in [-0.3, -0.25) is 0 Å². The minimum absolute atomic E-state index is 0. The maximum Gasteiger partial charge on any atom is 0.333 e. The average Bonchev–Trinajstić information content (AvgIpc) is 2.74. The maximum absolute atomic E-state index is 11.2. The summed E-state index contributed by atoms with van der Waals surface area (Å²) in [7, 11) is 6.42. The minimum atomic E-state index is -0.330. The van der Waals surface area contributed by atoms with E-state index in [0.29, 0.717) is 18.8 Å². The second-order valence-corrected chi connectivity index (χ2v) is 8.83. The predicted molar refractivity (Wildman–Crippen MR) is 135 cm³/mol. The minimum Gasteiger partial charge on any atom is -1.00 e. The maximum atomic E-state index is 11.2. The lowest BCUT2D eigenvalue weighted by Crippen LogP contribution is -3.00. The van der Waals surface area contributed by atoms with Crippen LogP contribution in [0.5, 0.6) is 0 Å². The molecule has 0 N–H and O–H groups in total. The van der Waals surface area contributed by atoms with Gasteiger partial charge in [0.15, 0.2) is 0 Å². The number of esters is 2. The first-order valence-corrected chi connectivity index (χ1v) is 10.9. The predicted octanol–water partition coefficient (Wildman–Crippen LogP) is 2.83. The Balaban J connectivity index is -0.000000429. The number of quaternary nitrogens is 1. The zero-order chi connectivity index (χ0) is 25.2. The lowest BCUT2D eigenvalue weighted by Gasteiger charge is -2.41. The highest BCUT2D eigenvalue weighted by Gasteiger charge is 2.32. The molecule has 0 fully saturated rings. The Hall–Kier alpha value is -2.37. The molecule has 188 valence electrons. The highest BCUT2D eigenvalue weighted by atomic mass is 35.5. The SMILES string of the molecule is C=C(C)C(=O)OCCC(C)(C)[N+](C)(C)C.C=CC(=O)OCCCC.C=Cc1ccccc1.[Cl-]. The van der Waals surface area contributed by atoms with Crippen LogP contribution < -0.4 is 12.4 Å². The van der Waals surface area contributed by atoms with Gasteiger partial charge in [0.25, 0.3) is 0 Å². The molecule has 0 aliphatic carbocycles. The summed E-state index contributed by atoms with van der Waals surface area (Å²) in [6, 6.07) is 10.0. The van der Waals surface area contributed by atoms with Crippen LogP contribution in [-0.2, 0) is 19.1 Å². The van der Waals surface area contributed by atoms with Crippen LogP contribution in [0.3, 0.4) is 0 Å². The summed E-state index contributed by atoms with van der Waals surface area (Å²) < 4.78 is 10.6. The number of hydrogen-bond donors (Lipinski definition) is 0. The van der Waals surface area contributed by atoms with Crippen molar-refractivity contribution < 1.29 is 36.0 Å². The summed E-state index contributed by atoms with van der Waals surface area (Å²) in [6.07, 6.45) is 5.83. The van der Waals surface area contributed by atoms with Crippen LogP contribution in [0.25, 0.3) is 6.08 Å². The molecule has 5 nitrogen and oxygen atoms in total. The van der Waals surface area contributed by atoms with Gasteiger partial charge in [-0.1, -0.05) is 69.5 Å². The van der Waals surface area contributed by atoms with Crippen molar-refractivity contribution in [2.75, 3.05) is 34.4 Å². The van der Waals surface area contributed by atoms with E-state index in [1.54, 1.807) is 6.92 Å². The van der Waals surface area contributed by atoms with Crippen molar-refractivity contribution in [2.45, 2.75) is 52.5 Å². The summed E-state index contributed by atoms with van der Waals surface area (Å²) in [6.45, 7) is 19.4. The summed E-state index contributed by atoms with van der Waals surface area (Å²) in [5.74, 6) is -0.629. The van der Waals surface area contributed by atoms with Gasteiger partial charge in [0.05, 0.1) is 39.9 Å². The molecule has 0 saturated heterocycles. The van der Waals surface area contributed by atoms with Crippen LogP contribution >= 0.6 is 0 Å². The molecule has 0 aliphatic heterocycles. The van der Waals surface area contributed by atoms with Crippen molar-refractivity contribution in [1.82, 2.24) is 0 Å². The molecule has 0 radical (unpaired) electrons. The van der Waals surface area contributed by atoms with Crippen LogP contribution in [0.4, 0.5) is 0 Å². The Kier molecular flexibility index (Phi) is 20.4. The molecule has 1 rings (SSSR count). The molecule has 0 aliphatic rings. The number of rotatable bonds is 10. The fraction of sp³-hybridized carbons (Fsp3) is 0.481. The van der Waals surface area contributed by atoms with Gasteiger partial charge in [-0.15, -0.1) is 0 Å². The second-order valence-electron chi connectivity index (χ2n) is 8.83. The molecule has 0 aromatic heterocycles. The molecule has 0 atom stereocenters. The van der Waals surface area contributed by atoms with E-state index in [1.807, 2.05) is 43.3 Å². The van der Waals surface area contributed by atoms with E-state index in [9.17, 15) is 9.59 Å². The highest BCUT2D eigenvalue weighted by Crippen LogP contribution is 2.21. The number of unbranched alkanes of at least 4 members (excludes halogenated alkanes) is 1. The van der Waals surface area contributed by atoms with Gasteiger partial charge in [0.2, 0.25) is 0 Å². The number of nitrogens with zero attached hydrogens (tertiary/aromatic N) is 1. The normalized spacial score (nSPS) is 10.0. The summed E-state index contributed by atoms with van der Waals surface area (Å²) in [5.41, 5.74) is 1.72. The fourth-order valence-corrected chi connectivity index (χ4v) is 1.82. The quantitative estimate of drug-likeness (QED) is 0.223. The Labute approximate surface area is 208 Å². The fourth-order valence-electron chi connectivity index (χ4n) is 1.82. The van der Waals surface area contributed by atoms with Gasteiger partial charge >= 0.3 is 11.9 Å². The Morgan fingerprint density at radius 3 is 1.94 bits per heavy atom. The third-order valence-electron chi connectivity index (χ3n) is 5.06. The zero-order valence-corrected chi connectivity index (χ0v) is 22.4. The van der Waals surface area contributed by atoms with Gasteiger partial charge in [0, 0.05) is 18.1 Å². The molecule has 1 aromatic rings. The van der Waals surface area contributed by atoms with E-state index in [-0.39, 0.29) is 29.9 Å². The van der Waals surface area contributed by atoms with Crippen molar-refractivity contribution in [3.05, 3.63) is 67.3 Å². The standard InChI is InChI=1S/C12H24NO2.C8H8.C7H12O2.ClH/c1-10(2)11(14)15-9-8-12(3,4)13(5,6)7;1-2-8-6-4-3-5-7-8;1-3-5-6-9-7(8)4-2;/h1,8-9H2,2-7H3;2-7H,1H2;4H,2-3,5-6H2,1H3;1H/q+1;;;/p-1. The molecule has 6 heteroatoms. The monoisotopic (exact) mass is 481 g/mol. The summed E-state index contributed by atoms with van der Waals surface area (Å²) >= 11 is 0. The van der Waals surface area contributed by atoms with Crippen LogP contribution in [0, 0.1) is 0 Å². The van der Waals surface area contributed by atoms with E-state index in [1.165, 1.54) is 11.6 Å². The van der Waals surface area contributed by atoms with E-state index in [2.05, 4.69) is 59.5 Å². The van der Waals surface area contributed by atoms with Crippen molar-refractivity contribution >= 4 is 18.0 Å². The third-order valence-corrected chi connectivity index (χ3v) is 5.06. The average molecular weight is 482 g/mol. The highest BCUT2D eigenvalue weighted by molar-refractivity contribution is 5.86. The van der Waals surface area contributed by atoms with Crippen LogP contribution in [0.2, 0.25) is 0 Å². The molecule has 0 unspecified atom stereocenters. The van der Waals surface area contributed by atoms with E-state index >= 15 is 0 Å². The molecule has 1 aromatic carbocycles. The van der Waals surface area contributed by atoms with Gasteiger partial charge in [-0.25, -0.2) is 9.59 Å². The van der Waals surface area contributed by atoms with Crippen molar-refractivity contribution in [1.29, 1.82) is 0 Å². The number of carbonyl (C=O) groups is 2. The molecular weight excluding hydrogens is 438 g/mol. The van der Waals surface area contributed by atoms with Gasteiger partial charge in [-0.2, -0.15) is 0 Å². The topological polar surface area (TPSA) is 52.6 Å². The van der Waals surface area contributed by atoms with Crippen LogP contribution in [0.15, 0.2) is 61.7 Å². The molecule has 0 spiro atoms. The Bertz CT molecular complexity index is 707. The smallest absolute Gasteiger partial charge is 0.333 e. The van der Waals surface area contributed by atoms with Crippen molar-refractivity contribution in [3.63, 3.8) is 0 Å². The number of halogens is 1. The lowest BCUT2D eigenvalue weighted by atomic mass is 9.97. The van der Waals surface area contributed by atoms with Gasteiger partial charge in [-0.05, 0) is 32.8 Å². The van der Waals surface area contributed by atoms with E-state index < -0.39 is 0 Å². The molecule has 33 heavy (non-hydrogen) atoms. The number of carbonyl (C=O) groups excluding carboxylic acids is 2.